The van der Waals surface area contributed by atoms with Gasteiger partial charge >= 0.3 is 45.8 Å². The van der Waals surface area contributed by atoms with E-state index in [2.05, 4.69) is 47.3 Å². The second-order valence-corrected chi connectivity index (χ2v) is 21.9. The molecule has 48 heavy (non-hydrogen) atoms. The van der Waals surface area contributed by atoms with Crippen molar-refractivity contribution in [2.75, 3.05) is 0 Å². The third kappa shape index (κ3) is 16.0. The van der Waals surface area contributed by atoms with Gasteiger partial charge in [0, 0.05) is 0 Å². The maximum Gasteiger partial charge on any atom is -0.171 e. The molecule has 5 heteroatoms. The molecular weight excluding hydrogens is 822 g/mol. The number of hydrogen-bond acceptors (Lipinski definition) is 0. The molecule has 1 aromatic carbocycles. The van der Waals surface area contributed by atoms with Crippen LogP contribution in [0.1, 0.15) is 193 Å². The van der Waals surface area contributed by atoms with Crippen LogP contribution in [0.25, 0.3) is 0 Å². The summed E-state index contributed by atoms with van der Waals surface area (Å²) in [5, 5.41) is 0. The smallest absolute Gasteiger partial charge is 0.171 e. The summed E-state index contributed by atoms with van der Waals surface area (Å²) in [6.45, 7) is 4.50. The zero-order valence-electron chi connectivity index (χ0n) is 30.6. The molecule has 6 aliphatic carbocycles. The van der Waals surface area contributed by atoms with E-state index in [1.165, 1.54) is 72.5 Å². The predicted octanol–water partition coefficient (Wildman–Crippen LogP) is 15.3. The Labute approximate surface area is 322 Å². The second-order valence-electron chi connectivity index (χ2n) is 15.7. The molecule has 0 heterocycles. The minimum Gasteiger partial charge on any atom is -0.184 e. The Morgan fingerprint density at radius 1 is 0.375 bits per heavy atom. The van der Waals surface area contributed by atoms with Crippen LogP contribution < -0.4 is 0 Å². The Morgan fingerprint density at radius 3 is 0.688 bits per heavy atom. The first-order chi connectivity index (χ1) is 23.9. The van der Waals surface area contributed by atoms with Gasteiger partial charge < -0.3 is 0 Å². The van der Waals surface area contributed by atoms with E-state index in [1.54, 1.807) is 154 Å². The van der Waals surface area contributed by atoms with Crippen LogP contribution in [0, 0.1) is 12.7 Å². The average molecular weight is 894 g/mol. The first kappa shape index (κ1) is 43.6. The molecule has 0 N–H and O–H groups in total. The third-order valence-electron chi connectivity index (χ3n) is 12.6. The largest absolute Gasteiger partial charge is 0.184 e. The Morgan fingerprint density at radius 2 is 0.562 bits per heavy atom. The van der Waals surface area contributed by atoms with Gasteiger partial charge in [0.2, 0.25) is 0 Å². The third-order valence-corrected chi connectivity index (χ3v) is 20.7. The first-order valence-electron chi connectivity index (χ1n) is 20.7. The molecule has 0 unspecified atom stereocenters. The standard InChI is InChI=1S/2C18H33P.C6H5.CO.HI.Ru/c2*1-4-10-16(11-5-1)19(17-12-6-2-7-13-17)18-14-8-3-9-15-18;1-2-4-6-5-3-1;1-2;;/h2*16-18H,1-15H2;1-5H;;1H;/q;;-1;;;+2/p-1. The molecule has 0 atom stereocenters. The molecule has 6 aliphatic rings. The van der Waals surface area contributed by atoms with E-state index in [4.69, 9.17) is 4.65 Å². The monoisotopic (exact) mass is 894 g/mol. The molecule has 6 fully saturated rings. The van der Waals surface area contributed by atoms with Crippen LogP contribution in [-0.2, 0) is 19.4 Å². The van der Waals surface area contributed by atoms with E-state index in [9.17, 15) is 0 Å². The van der Waals surface area contributed by atoms with Crippen molar-refractivity contribution in [2.45, 2.75) is 227 Å². The van der Waals surface area contributed by atoms with Crippen LogP contribution in [0.2, 0.25) is 0 Å². The predicted molar refractivity (Wildman–Crippen MR) is 218 cm³/mol. The Bertz CT molecular complexity index is 699. The number of hydrogen-bond donors (Lipinski definition) is 0. The number of rotatable bonds is 6. The van der Waals surface area contributed by atoms with Gasteiger partial charge in [0.05, 0.1) is 0 Å². The molecular formula is C43H71IOP2Ru. The van der Waals surface area contributed by atoms with Crippen LogP contribution in [0.15, 0.2) is 30.3 Å². The molecule has 0 saturated heterocycles. The average Bonchev–Trinajstić information content (AvgIpc) is 3.20. The van der Waals surface area contributed by atoms with Gasteiger partial charge in [0.1, 0.15) is 0 Å². The van der Waals surface area contributed by atoms with Crippen molar-refractivity contribution < 1.29 is 19.4 Å². The molecule has 0 radical (unpaired) electrons. The van der Waals surface area contributed by atoms with Crippen molar-refractivity contribution in [3.63, 3.8) is 0 Å². The minimum absolute atomic E-state index is 0.385. The van der Waals surface area contributed by atoms with E-state index in [1.807, 2.05) is 30.3 Å². The van der Waals surface area contributed by atoms with Gasteiger partial charge in [-0.1, -0.05) is 131 Å². The summed E-state index contributed by atoms with van der Waals surface area (Å²) >= 11 is 4.40. The Balaban J connectivity index is 0.000000204. The van der Waals surface area contributed by atoms with Crippen molar-refractivity contribution in [1.82, 2.24) is 0 Å². The van der Waals surface area contributed by atoms with E-state index < -0.39 is 0 Å². The Kier molecular flexibility index (Phi) is 26.0. The molecule has 7 rings (SSSR count). The molecule has 1 aromatic rings. The maximum absolute atomic E-state index is 7.50. The minimum atomic E-state index is 0.385. The summed E-state index contributed by atoms with van der Waals surface area (Å²) in [6.07, 6.45) is 47.2. The maximum atomic E-state index is 7.50. The molecule has 0 aliphatic heterocycles. The van der Waals surface area contributed by atoms with Gasteiger partial charge in [0.25, 0.3) is 0 Å². The van der Waals surface area contributed by atoms with Crippen molar-refractivity contribution in [3.05, 3.63) is 43.0 Å². The SMILES string of the molecule is C1CCC(P(C2CCCCC2)C2CCCCC2)CC1.C1CCC(P(C2CCCCC2)C2CCCCC2)CC1.[C-]#[O+].[Ru+][I].[c-]1ccccc1. The second kappa shape index (κ2) is 28.6. The fourth-order valence-electron chi connectivity index (χ4n) is 10.4. The molecule has 0 bridgehead atoms. The van der Waals surface area contributed by atoms with Gasteiger partial charge in [-0.3, -0.25) is 0 Å². The fraction of sp³-hybridized carbons (Fsp3) is 0.837. The summed E-state index contributed by atoms with van der Waals surface area (Å²) < 4.78 is 7.50. The molecule has 1 nitrogen and oxygen atoms in total. The quantitative estimate of drug-likeness (QED) is 0.0892. The zero-order valence-corrected chi connectivity index (χ0v) is 36.3. The number of halogens is 1. The molecule has 6 saturated carbocycles. The van der Waals surface area contributed by atoms with Gasteiger partial charge in [-0.2, -0.15) is 36.4 Å². The van der Waals surface area contributed by atoms with Gasteiger partial charge in [-0.15, -0.1) is 0 Å². The summed E-state index contributed by atoms with van der Waals surface area (Å²) in [5.41, 5.74) is 7.14. The van der Waals surface area contributed by atoms with Crippen molar-refractivity contribution >= 4 is 35.6 Å². The van der Waals surface area contributed by atoms with Crippen LogP contribution in [0.3, 0.4) is 0 Å². The Hall–Kier alpha value is 1.17. The zero-order chi connectivity index (χ0) is 34.1. The molecule has 0 amide bonds. The summed E-state index contributed by atoms with van der Waals surface area (Å²) in [6, 6.07) is 12.5. The van der Waals surface area contributed by atoms with Crippen LogP contribution >= 0.6 is 35.6 Å². The molecule has 0 aromatic heterocycles. The first-order valence-corrected chi connectivity index (χ1v) is 29.0. The normalized spacial score (nSPS) is 24.0. The van der Waals surface area contributed by atoms with E-state index in [0.29, 0.717) is 15.8 Å². The van der Waals surface area contributed by atoms with Crippen LogP contribution in [0.5, 0.6) is 0 Å². The van der Waals surface area contributed by atoms with E-state index >= 15 is 0 Å². The molecule has 0 spiro atoms. The van der Waals surface area contributed by atoms with Crippen molar-refractivity contribution in [2.24, 2.45) is 0 Å². The van der Waals surface area contributed by atoms with E-state index in [0.717, 1.165) is 0 Å². The van der Waals surface area contributed by atoms with Crippen LogP contribution in [-0.4, -0.2) is 34.0 Å². The van der Waals surface area contributed by atoms with Gasteiger partial charge in [-0.25, -0.2) is 0 Å². The van der Waals surface area contributed by atoms with Gasteiger partial charge in [0.15, 0.2) is 0 Å². The van der Waals surface area contributed by atoms with E-state index in [-0.39, 0.29) is 0 Å². The number of benzene rings is 1. The molecule has 274 valence electrons. The van der Waals surface area contributed by atoms with Crippen molar-refractivity contribution in [3.8, 4) is 0 Å². The topological polar surface area (TPSA) is 19.9 Å². The van der Waals surface area contributed by atoms with Gasteiger partial charge in [-0.05, 0) is 111 Å². The van der Waals surface area contributed by atoms with Crippen LogP contribution in [0.4, 0.5) is 0 Å². The summed E-state index contributed by atoms with van der Waals surface area (Å²) in [4.78, 5) is 0. The summed E-state index contributed by atoms with van der Waals surface area (Å²) in [7, 11) is 0.770. The fourth-order valence-corrected chi connectivity index (χ4v) is 19.8. The summed E-state index contributed by atoms with van der Waals surface area (Å²) in [5.74, 6) is 0. The van der Waals surface area contributed by atoms with Crippen molar-refractivity contribution in [1.29, 1.82) is 0 Å².